The number of sulfonamides is 1. The number of carbonyl (C=O) groups is 1. The first kappa shape index (κ1) is 15.0. The topological polar surface area (TPSA) is 107 Å². The van der Waals surface area contributed by atoms with Crippen molar-refractivity contribution >= 4 is 27.3 Å². The van der Waals surface area contributed by atoms with Crippen LogP contribution in [-0.4, -0.2) is 25.5 Å². The molecule has 1 aromatic rings. The van der Waals surface area contributed by atoms with E-state index in [0.29, 0.717) is 30.6 Å². The van der Waals surface area contributed by atoms with E-state index >= 15 is 0 Å². The number of carboxylic acid groups (broad SMARTS) is 1. The summed E-state index contributed by atoms with van der Waals surface area (Å²) in [6, 6.07) is 4.39. The monoisotopic (exact) mass is 314 g/mol. The Balaban J connectivity index is 2.08. The van der Waals surface area contributed by atoms with E-state index in [9.17, 15) is 13.2 Å². The first-order valence-corrected chi connectivity index (χ1v) is 8.47. The molecule has 0 aliphatic heterocycles. The lowest BCUT2D eigenvalue weighted by Gasteiger charge is -2.26. The summed E-state index contributed by atoms with van der Waals surface area (Å²) in [5.41, 5.74) is 0. The van der Waals surface area contributed by atoms with Gasteiger partial charge in [-0.2, -0.15) is 5.26 Å². The summed E-state index contributed by atoms with van der Waals surface area (Å²) in [4.78, 5) is 11.3. The number of nitrogens with one attached hydrogen (secondary N) is 1. The molecule has 0 bridgehead atoms. The van der Waals surface area contributed by atoms with Crippen molar-refractivity contribution in [2.75, 3.05) is 0 Å². The van der Waals surface area contributed by atoms with Gasteiger partial charge in [-0.3, -0.25) is 4.79 Å². The third kappa shape index (κ3) is 3.36. The molecule has 0 aromatic carbocycles. The molecule has 0 amide bonds. The summed E-state index contributed by atoms with van der Waals surface area (Å²) < 4.78 is 26.9. The molecule has 6 nitrogen and oxygen atoms in total. The SMILES string of the molecule is N#Cc1ccc(S(=O)(=O)NC2CCCC(C(=O)O)C2)s1. The number of thiophene rings is 1. The van der Waals surface area contributed by atoms with Crippen molar-refractivity contribution < 1.29 is 18.3 Å². The zero-order valence-electron chi connectivity index (χ0n) is 10.6. The summed E-state index contributed by atoms with van der Waals surface area (Å²) in [6.07, 6.45) is 2.23. The first-order chi connectivity index (χ1) is 9.42. The van der Waals surface area contributed by atoms with Crippen molar-refractivity contribution in [1.29, 1.82) is 5.26 Å². The molecule has 8 heteroatoms. The van der Waals surface area contributed by atoms with Crippen LogP contribution in [0.5, 0.6) is 0 Å². The molecule has 108 valence electrons. The number of nitrogens with zero attached hydrogens (tertiary/aromatic N) is 1. The fraction of sp³-hybridized carbons (Fsp3) is 0.500. The largest absolute Gasteiger partial charge is 0.481 e. The Morgan fingerprint density at radius 1 is 1.45 bits per heavy atom. The summed E-state index contributed by atoms with van der Waals surface area (Å²) >= 11 is 0.908. The summed E-state index contributed by atoms with van der Waals surface area (Å²) in [6.45, 7) is 0. The van der Waals surface area contributed by atoms with E-state index in [1.807, 2.05) is 6.07 Å². The van der Waals surface area contributed by atoms with Crippen LogP contribution in [0.3, 0.4) is 0 Å². The number of hydrogen-bond donors (Lipinski definition) is 2. The Morgan fingerprint density at radius 3 is 2.80 bits per heavy atom. The maximum atomic E-state index is 12.1. The van der Waals surface area contributed by atoms with Crippen LogP contribution in [0.15, 0.2) is 16.3 Å². The molecular formula is C12H14N2O4S2. The quantitative estimate of drug-likeness (QED) is 0.876. The average molecular weight is 314 g/mol. The Kier molecular flexibility index (Phi) is 4.42. The second kappa shape index (κ2) is 5.91. The van der Waals surface area contributed by atoms with Gasteiger partial charge in [0.2, 0.25) is 10.0 Å². The van der Waals surface area contributed by atoms with Crippen molar-refractivity contribution in [2.45, 2.75) is 35.9 Å². The van der Waals surface area contributed by atoms with Gasteiger partial charge < -0.3 is 5.11 Å². The molecule has 0 saturated heterocycles. The van der Waals surface area contributed by atoms with Gasteiger partial charge in [0.25, 0.3) is 0 Å². The van der Waals surface area contributed by atoms with Crippen LogP contribution >= 0.6 is 11.3 Å². The number of carboxylic acids is 1. The minimum atomic E-state index is -3.67. The molecule has 20 heavy (non-hydrogen) atoms. The molecule has 1 aliphatic carbocycles. The smallest absolute Gasteiger partial charge is 0.306 e. The van der Waals surface area contributed by atoms with Gasteiger partial charge in [-0.25, -0.2) is 13.1 Å². The van der Waals surface area contributed by atoms with Crippen LogP contribution in [0.1, 0.15) is 30.6 Å². The lowest BCUT2D eigenvalue weighted by atomic mass is 9.86. The molecule has 2 rings (SSSR count). The maximum Gasteiger partial charge on any atom is 0.306 e. The highest BCUT2D eigenvalue weighted by Gasteiger charge is 2.30. The molecule has 1 fully saturated rings. The van der Waals surface area contributed by atoms with Gasteiger partial charge in [-0.15, -0.1) is 11.3 Å². The van der Waals surface area contributed by atoms with E-state index in [1.54, 1.807) is 0 Å². The fourth-order valence-corrected chi connectivity index (χ4v) is 4.73. The molecular weight excluding hydrogens is 300 g/mol. The standard InChI is InChI=1S/C12H14N2O4S2/c13-7-10-4-5-11(19-10)20(17,18)14-9-3-1-2-8(6-9)12(15)16/h4-5,8-9,14H,1-3,6H2,(H,15,16). The van der Waals surface area contributed by atoms with E-state index in [-0.39, 0.29) is 10.3 Å². The Hall–Kier alpha value is -1.43. The van der Waals surface area contributed by atoms with Gasteiger partial charge >= 0.3 is 5.97 Å². The Bertz CT molecular complexity index is 645. The molecule has 1 aliphatic rings. The first-order valence-electron chi connectivity index (χ1n) is 6.17. The third-order valence-corrected chi connectivity index (χ3v) is 6.30. The van der Waals surface area contributed by atoms with Crippen molar-refractivity contribution in [3.8, 4) is 6.07 Å². The van der Waals surface area contributed by atoms with Gasteiger partial charge in [0.05, 0.1) is 5.92 Å². The van der Waals surface area contributed by atoms with Crippen molar-refractivity contribution in [3.05, 3.63) is 17.0 Å². The van der Waals surface area contributed by atoms with Crippen LogP contribution in [0.2, 0.25) is 0 Å². The highest BCUT2D eigenvalue weighted by molar-refractivity contribution is 7.91. The van der Waals surface area contributed by atoms with E-state index in [2.05, 4.69) is 4.72 Å². The maximum absolute atomic E-state index is 12.1. The summed E-state index contributed by atoms with van der Waals surface area (Å²) in [5.74, 6) is -1.37. The highest BCUT2D eigenvalue weighted by Crippen LogP contribution is 2.27. The molecule has 0 spiro atoms. The minimum absolute atomic E-state index is 0.0894. The van der Waals surface area contributed by atoms with Crippen LogP contribution in [-0.2, 0) is 14.8 Å². The predicted octanol–water partition coefficient (Wildman–Crippen LogP) is 1.54. The molecule has 1 saturated carbocycles. The number of rotatable bonds is 4. The van der Waals surface area contributed by atoms with Crippen LogP contribution in [0.25, 0.3) is 0 Å². The second-order valence-corrected chi connectivity index (χ2v) is 7.78. The molecule has 1 heterocycles. The van der Waals surface area contributed by atoms with Gasteiger partial charge in [0, 0.05) is 6.04 Å². The van der Waals surface area contributed by atoms with Gasteiger partial charge in [-0.1, -0.05) is 6.42 Å². The normalized spacial score (nSPS) is 23.1. The fourth-order valence-electron chi connectivity index (χ4n) is 2.32. The van der Waals surface area contributed by atoms with E-state index in [0.717, 1.165) is 11.3 Å². The zero-order chi connectivity index (χ0) is 14.8. The number of aliphatic carboxylic acids is 1. The van der Waals surface area contributed by atoms with Crippen molar-refractivity contribution in [3.63, 3.8) is 0 Å². The van der Waals surface area contributed by atoms with Gasteiger partial charge in [-0.05, 0) is 31.4 Å². The van der Waals surface area contributed by atoms with E-state index in [4.69, 9.17) is 10.4 Å². The Morgan fingerprint density at radius 2 is 2.20 bits per heavy atom. The van der Waals surface area contributed by atoms with Crippen molar-refractivity contribution in [1.82, 2.24) is 4.72 Å². The summed E-state index contributed by atoms with van der Waals surface area (Å²) in [7, 11) is -3.67. The third-order valence-electron chi connectivity index (χ3n) is 3.30. The van der Waals surface area contributed by atoms with E-state index in [1.165, 1.54) is 12.1 Å². The molecule has 1 aromatic heterocycles. The Labute approximate surface area is 121 Å². The predicted molar refractivity (Wildman–Crippen MR) is 72.7 cm³/mol. The minimum Gasteiger partial charge on any atom is -0.481 e. The molecule has 0 radical (unpaired) electrons. The highest BCUT2D eigenvalue weighted by atomic mass is 32.2. The summed E-state index contributed by atoms with van der Waals surface area (Å²) in [5, 5.41) is 17.7. The molecule has 2 N–H and O–H groups in total. The van der Waals surface area contributed by atoms with Crippen LogP contribution in [0.4, 0.5) is 0 Å². The second-order valence-electron chi connectivity index (χ2n) is 4.75. The number of hydrogen-bond acceptors (Lipinski definition) is 5. The van der Waals surface area contributed by atoms with Gasteiger partial charge in [0.15, 0.2) is 0 Å². The van der Waals surface area contributed by atoms with Crippen molar-refractivity contribution in [2.24, 2.45) is 5.92 Å². The number of nitriles is 1. The lowest BCUT2D eigenvalue weighted by Crippen LogP contribution is -2.39. The molecule has 2 atom stereocenters. The lowest BCUT2D eigenvalue weighted by molar-refractivity contribution is -0.143. The molecule has 2 unspecified atom stereocenters. The van der Waals surface area contributed by atoms with Gasteiger partial charge in [0.1, 0.15) is 15.2 Å². The average Bonchev–Trinajstić information content (AvgIpc) is 2.88. The zero-order valence-corrected chi connectivity index (χ0v) is 12.2. The van der Waals surface area contributed by atoms with Crippen LogP contribution in [0, 0.1) is 17.2 Å². The van der Waals surface area contributed by atoms with Crippen LogP contribution < -0.4 is 4.72 Å². The van der Waals surface area contributed by atoms with E-state index < -0.39 is 21.9 Å².